The second-order valence-electron chi connectivity index (χ2n) is 9.91. The Balaban J connectivity index is 1.55. The van der Waals surface area contributed by atoms with Gasteiger partial charge in [0.05, 0.1) is 13.2 Å². The first-order valence-corrected chi connectivity index (χ1v) is 13.4. The Labute approximate surface area is 223 Å². The maximum Gasteiger partial charge on any atom is 0.161 e. The van der Waals surface area contributed by atoms with Crippen molar-refractivity contribution >= 4 is 11.6 Å². The van der Waals surface area contributed by atoms with Crippen molar-refractivity contribution in [3.05, 3.63) is 81.9 Å². The number of benzene rings is 2. The van der Waals surface area contributed by atoms with Gasteiger partial charge in [0.15, 0.2) is 23.1 Å². The van der Waals surface area contributed by atoms with Crippen molar-refractivity contribution in [1.82, 2.24) is 4.90 Å². The molecule has 1 heterocycles. The molecule has 0 saturated carbocycles. The number of nitrogens with zero attached hydrogens (tertiary/aromatic N) is 1. The number of methoxy groups -OCH3 is 1. The van der Waals surface area contributed by atoms with E-state index in [1.165, 1.54) is 12.1 Å². The highest BCUT2D eigenvalue weighted by Crippen LogP contribution is 2.50. The van der Waals surface area contributed by atoms with Crippen LogP contribution in [0.4, 0.5) is 4.39 Å². The molecule has 0 atom stereocenters. The lowest BCUT2D eigenvalue weighted by molar-refractivity contribution is -0.117. The third-order valence-electron chi connectivity index (χ3n) is 7.51. The molecule has 38 heavy (non-hydrogen) atoms. The topological polar surface area (TPSA) is 65.1 Å². The molecule has 0 spiro atoms. The fraction of sp³-hybridized carbons (Fsp3) is 0.419. The fourth-order valence-electron chi connectivity index (χ4n) is 5.84. The van der Waals surface area contributed by atoms with E-state index in [4.69, 9.17) is 14.2 Å². The summed E-state index contributed by atoms with van der Waals surface area (Å²) in [6.45, 7) is 3.75. The molecule has 1 aliphatic heterocycles. The van der Waals surface area contributed by atoms with Gasteiger partial charge in [0, 0.05) is 55.0 Å². The zero-order valence-electron chi connectivity index (χ0n) is 22.1. The number of hydrogen-bond donors (Lipinski definition) is 0. The lowest BCUT2D eigenvalue weighted by Gasteiger charge is -2.44. The van der Waals surface area contributed by atoms with E-state index < -0.39 is 5.92 Å². The van der Waals surface area contributed by atoms with Gasteiger partial charge in [-0.2, -0.15) is 0 Å². The van der Waals surface area contributed by atoms with Gasteiger partial charge >= 0.3 is 0 Å². The maximum absolute atomic E-state index is 13.4. The van der Waals surface area contributed by atoms with Crippen LogP contribution in [0.2, 0.25) is 0 Å². The first-order chi connectivity index (χ1) is 18.5. The van der Waals surface area contributed by atoms with Crippen molar-refractivity contribution < 1.29 is 28.2 Å². The number of rotatable bonds is 9. The highest BCUT2D eigenvalue weighted by Gasteiger charge is 2.43. The molecule has 2 aromatic carbocycles. The monoisotopic (exact) mass is 519 g/mol. The van der Waals surface area contributed by atoms with Gasteiger partial charge < -0.3 is 19.1 Å². The largest absolute Gasteiger partial charge is 0.490 e. The third kappa shape index (κ3) is 5.12. The molecule has 0 bridgehead atoms. The summed E-state index contributed by atoms with van der Waals surface area (Å²) in [5.41, 5.74) is 5.25. The molecule has 3 aliphatic rings. The lowest BCUT2D eigenvalue weighted by atomic mass is 9.71. The Morgan fingerprint density at radius 3 is 2.13 bits per heavy atom. The molecule has 0 amide bonds. The molecule has 0 fully saturated rings. The van der Waals surface area contributed by atoms with Gasteiger partial charge in [0.1, 0.15) is 12.4 Å². The summed E-state index contributed by atoms with van der Waals surface area (Å²) in [6.07, 6.45) is 4.21. The number of carbonyl (C=O) groups excluding carboxylic acids is 2. The third-order valence-corrected chi connectivity index (χ3v) is 7.51. The Kier molecular flexibility index (Phi) is 7.93. The Morgan fingerprint density at radius 1 is 0.868 bits per heavy atom. The van der Waals surface area contributed by atoms with Crippen LogP contribution in [0.15, 0.2) is 65.0 Å². The van der Waals surface area contributed by atoms with Crippen molar-refractivity contribution in [2.45, 2.75) is 58.0 Å². The number of halogens is 1. The van der Waals surface area contributed by atoms with Crippen LogP contribution >= 0.6 is 0 Å². The minimum atomic E-state index is -0.412. The van der Waals surface area contributed by atoms with Crippen LogP contribution in [0, 0.1) is 5.82 Å². The lowest BCUT2D eigenvalue weighted by Crippen LogP contribution is -2.40. The van der Waals surface area contributed by atoms with Gasteiger partial charge in [0.2, 0.25) is 0 Å². The zero-order valence-corrected chi connectivity index (χ0v) is 22.1. The van der Waals surface area contributed by atoms with Crippen LogP contribution in [0.5, 0.6) is 11.5 Å². The first-order valence-electron chi connectivity index (χ1n) is 13.4. The van der Waals surface area contributed by atoms with Crippen molar-refractivity contribution in [2.75, 3.05) is 26.9 Å². The Hall–Kier alpha value is -3.45. The maximum atomic E-state index is 13.4. The van der Waals surface area contributed by atoms with Crippen molar-refractivity contribution in [1.29, 1.82) is 0 Å². The van der Waals surface area contributed by atoms with Gasteiger partial charge in [-0.3, -0.25) is 9.59 Å². The normalized spacial score (nSPS) is 18.0. The smallest absolute Gasteiger partial charge is 0.161 e. The predicted molar refractivity (Wildman–Crippen MR) is 141 cm³/mol. The summed E-state index contributed by atoms with van der Waals surface area (Å²) in [5, 5.41) is 0. The van der Waals surface area contributed by atoms with Crippen molar-refractivity contribution in [2.24, 2.45) is 0 Å². The summed E-state index contributed by atoms with van der Waals surface area (Å²) in [4.78, 5) is 29.1. The van der Waals surface area contributed by atoms with Gasteiger partial charge in [-0.25, -0.2) is 4.39 Å². The molecular formula is C31H34FNO5. The molecule has 5 rings (SSSR count). The number of carbonyl (C=O) groups is 2. The van der Waals surface area contributed by atoms with E-state index in [-0.39, 0.29) is 24.0 Å². The number of ether oxygens (including phenoxy) is 3. The molecular weight excluding hydrogens is 485 g/mol. The molecule has 0 N–H and O–H groups in total. The molecule has 0 aromatic heterocycles. The van der Waals surface area contributed by atoms with E-state index in [2.05, 4.69) is 4.90 Å². The van der Waals surface area contributed by atoms with E-state index in [1.54, 1.807) is 19.2 Å². The van der Waals surface area contributed by atoms with Gasteiger partial charge in [-0.1, -0.05) is 18.2 Å². The average Bonchev–Trinajstić information content (AvgIpc) is 2.92. The molecule has 2 aromatic rings. The van der Waals surface area contributed by atoms with Crippen molar-refractivity contribution in [3.63, 3.8) is 0 Å². The van der Waals surface area contributed by atoms with E-state index in [0.717, 1.165) is 59.4 Å². The van der Waals surface area contributed by atoms with E-state index in [9.17, 15) is 14.0 Å². The van der Waals surface area contributed by atoms with E-state index in [1.807, 2.05) is 25.1 Å². The quantitative estimate of drug-likeness (QED) is 0.413. The minimum Gasteiger partial charge on any atom is -0.490 e. The zero-order chi connectivity index (χ0) is 26.6. The molecule has 6 nitrogen and oxygen atoms in total. The van der Waals surface area contributed by atoms with Crippen LogP contribution in [0.25, 0.3) is 0 Å². The highest BCUT2D eigenvalue weighted by atomic mass is 19.1. The number of ketones is 2. The average molecular weight is 520 g/mol. The number of hydrogen-bond acceptors (Lipinski definition) is 6. The van der Waals surface area contributed by atoms with Crippen LogP contribution < -0.4 is 9.47 Å². The number of allylic oxidation sites excluding steroid dienone is 4. The van der Waals surface area contributed by atoms with Crippen molar-refractivity contribution in [3.8, 4) is 11.5 Å². The molecule has 2 aliphatic carbocycles. The minimum absolute atomic E-state index is 0.109. The number of Topliss-reactive ketones (excluding diaryl/α,β-unsaturated/α-hetero) is 2. The first kappa shape index (κ1) is 26.2. The molecule has 7 heteroatoms. The SMILES string of the molecule is CCOc1cc(C2C3=C(CCCC3=O)N(CCOC)C3=C2C(=O)CCC3)ccc1OCc1ccc(F)cc1. The van der Waals surface area contributed by atoms with E-state index >= 15 is 0 Å². The summed E-state index contributed by atoms with van der Waals surface area (Å²) >= 11 is 0. The van der Waals surface area contributed by atoms with Crippen LogP contribution in [-0.2, 0) is 20.9 Å². The molecule has 200 valence electrons. The predicted octanol–water partition coefficient (Wildman–Crippen LogP) is 5.86. The summed E-state index contributed by atoms with van der Waals surface area (Å²) in [5.74, 6) is 0.634. The molecule has 0 saturated heterocycles. The second-order valence-corrected chi connectivity index (χ2v) is 9.91. The Bertz CT molecular complexity index is 1240. The van der Waals surface area contributed by atoms with Crippen LogP contribution in [-0.4, -0.2) is 43.3 Å². The van der Waals surface area contributed by atoms with Crippen LogP contribution in [0.3, 0.4) is 0 Å². The van der Waals surface area contributed by atoms with Gasteiger partial charge in [-0.05, 0) is 68.0 Å². The molecule has 0 radical (unpaired) electrons. The fourth-order valence-corrected chi connectivity index (χ4v) is 5.84. The van der Waals surface area contributed by atoms with Gasteiger partial charge in [-0.15, -0.1) is 0 Å². The van der Waals surface area contributed by atoms with Crippen LogP contribution in [0.1, 0.15) is 62.5 Å². The standard InChI is InChI=1S/C31H34FNO5/c1-3-37-28-18-21(12-15-27(28)38-19-20-10-13-22(32)14-11-20)29-30-23(6-4-8-25(30)34)33(16-17-36-2)24-7-5-9-26(35)31(24)29/h10-15,18,29H,3-9,16-17,19H2,1-2H3. The Morgan fingerprint density at radius 2 is 1.53 bits per heavy atom. The van der Waals surface area contributed by atoms with Gasteiger partial charge in [0.25, 0.3) is 0 Å². The summed E-state index contributed by atoms with van der Waals surface area (Å²) < 4.78 is 30.7. The van der Waals surface area contributed by atoms with E-state index in [0.29, 0.717) is 44.1 Å². The second kappa shape index (κ2) is 11.5. The molecule has 0 unspecified atom stereocenters. The summed E-state index contributed by atoms with van der Waals surface area (Å²) in [7, 11) is 1.67. The summed E-state index contributed by atoms with van der Waals surface area (Å²) in [6, 6.07) is 11.9. The highest BCUT2D eigenvalue weighted by molar-refractivity contribution is 6.06.